The Labute approximate surface area is 217 Å². The zero-order valence-corrected chi connectivity index (χ0v) is 21.3. The highest BCUT2D eigenvalue weighted by Crippen LogP contribution is 2.44. The van der Waals surface area contributed by atoms with Crippen molar-refractivity contribution in [2.24, 2.45) is 0 Å². The van der Waals surface area contributed by atoms with E-state index in [1.807, 2.05) is 6.92 Å². The van der Waals surface area contributed by atoms with Gasteiger partial charge in [-0.3, -0.25) is 14.5 Å². The number of hydrogen-bond donors (Lipinski definition) is 1. The van der Waals surface area contributed by atoms with Crippen molar-refractivity contribution in [3.05, 3.63) is 81.6 Å². The number of halogens is 1. The Morgan fingerprint density at radius 1 is 1.14 bits per heavy atom. The first-order valence-corrected chi connectivity index (χ1v) is 12.5. The number of aromatic nitrogens is 1. The van der Waals surface area contributed by atoms with E-state index in [2.05, 4.69) is 4.98 Å². The summed E-state index contributed by atoms with van der Waals surface area (Å²) < 4.78 is 25.7. The number of Topliss-reactive ketones (excluding diaryl/α,β-unsaturated/α-hetero) is 1. The summed E-state index contributed by atoms with van der Waals surface area (Å²) in [6.07, 6.45) is 0.821. The van der Waals surface area contributed by atoms with Gasteiger partial charge in [0.25, 0.3) is 5.78 Å². The molecule has 0 bridgehead atoms. The molecule has 0 radical (unpaired) electrons. The van der Waals surface area contributed by atoms with E-state index in [-0.39, 0.29) is 33.3 Å². The van der Waals surface area contributed by atoms with Gasteiger partial charge in [-0.2, -0.15) is 0 Å². The maximum atomic E-state index is 15.0. The highest BCUT2D eigenvalue weighted by molar-refractivity contribution is 7.17. The van der Waals surface area contributed by atoms with Crippen molar-refractivity contribution in [3.63, 3.8) is 0 Å². The number of nitrogens with zero attached hydrogens (tertiary/aromatic N) is 2. The monoisotopic (exact) mass is 524 g/mol. The SMILES string of the molecule is CCCOc1ccc(/C(O)=C2\C(=O)C(=O)N(c3nc(C)c(C(=O)OCC)s3)C2c2ccccc2F)cc1. The first kappa shape index (κ1) is 26.0. The summed E-state index contributed by atoms with van der Waals surface area (Å²) in [5.74, 6) is -3.17. The number of carbonyl (C=O) groups is 3. The predicted molar refractivity (Wildman–Crippen MR) is 136 cm³/mol. The van der Waals surface area contributed by atoms with Crippen LogP contribution < -0.4 is 9.64 Å². The van der Waals surface area contributed by atoms with Gasteiger partial charge in [0.15, 0.2) is 5.13 Å². The third-order valence-electron chi connectivity index (χ3n) is 5.70. The van der Waals surface area contributed by atoms with Gasteiger partial charge in [-0.05, 0) is 50.6 Å². The Bertz CT molecular complexity index is 1380. The minimum atomic E-state index is -1.31. The smallest absolute Gasteiger partial charge is 0.350 e. The van der Waals surface area contributed by atoms with Gasteiger partial charge in [0.05, 0.1) is 24.5 Å². The summed E-state index contributed by atoms with van der Waals surface area (Å²) in [5, 5.41) is 11.2. The Hall–Kier alpha value is -4.05. The number of aryl methyl sites for hydroxylation is 1. The molecule has 0 saturated carbocycles. The number of thiazole rings is 1. The van der Waals surface area contributed by atoms with Gasteiger partial charge in [0.1, 0.15) is 28.2 Å². The zero-order chi connectivity index (χ0) is 26.7. The third-order valence-corrected chi connectivity index (χ3v) is 6.83. The second-order valence-corrected chi connectivity index (χ2v) is 9.17. The Morgan fingerprint density at radius 2 is 1.84 bits per heavy atom. The molecule has 0 spiro atoms. The third kappa shape index (κ3) is 4.97. The molecular formula is C27H25FN2O6S. The van der Waals surface area contributed by atoms with Crippen LogP contribution in [0.3, 0.4) is 0 Å². The first-order valence-electron chi connectivity index (χ1n) is 11.7. The number of ketones is 1. The van der Waals surface area contributed by atoms with Gasteiger partial charge in [-0.1, -0.05) is 36.5 Å². The van der Waals surface area contributed by atoms with E-state index in [1.54, 1.807) is 44.2 Å². The molecule has 4 rings (SSSR count). The minimum absolute atomic E-state index is 0.00307. The predicted octanol–water partition coefficient (Wildman–Crippen LogP) is 5.18. The number of carbonyl (C=O) groups excluding carboxylic acids is 3. The van der Waals surface area contributed by atoms with Crippen molar-refractivity contribution < 1.29 is 33.4 Å². The van der Waals surface area contributed by atoms with Crippen LogP contribution in [0.1, 0.15) is 52.8 Å². The van der Waals surface area contributed by atoms with Crippen molar-refractivity contribution in [2.45, 2.75) is 33.2 Å². The van der Waals surface area contributed by atoms with Crippen molar-refractivity contribution in [1.82, 2.24) is 4.98 Å². The lowest BCUT2D eigenvalue weighted by Gasteiger charge is -2.23. The summed E-state index contributed by atoms with van der Waals surface area (Å²) in [7, 11) is 0. The van der Waals surface area contributed by atoms with Crippen LogP contribution in [0.5, 0.6) is 5.75 Å². The van der Waals surface area contributed by atoms with E-state index < -0.39 is 35.3 Å². The molecule has 1 amide bonds. The summed E-state index contributed by atoms with van der Waals surface area (Å²) >= 11 is 0.858. The van der Waals surface area contributed by atoms with Gasteiger partial charge < -0.3 is 14.6 Å². The molecule has 2 aromatic carbocycles. The zero-order valence-electron chi connectivity index (χ0n) is 20.5. The molecule has 3 aromatic rings. The summed E-state index contributed by atoms with van der Waals surface area (Å²) in [6, 6.07) is 10.7. The van der Waals surface area contributed by atoms with Crippen molar-refractivity contribution in [1.29, 1.82) is 0 Å². The fraction of sp³-hybridized carbons (Fsp3) is 0.259. The number of esters is 1. The van der Waals surface area contributed by atoms with Crippen molar-refractivity contribution >= 4 is 39.9 Å². The maximum absolute atomic E-state index is 15.0. The number of anilines is 1. The molecule has 1 aliphatic rings. The average molecular weight is 525 g/mol. The van der Waals surface area contributed by atoms with E-state index in [0.29, 0.717) is 18.1 Å². The number of rotatable bonds is 8. The van der Waals surface area contributed by atoms with E-state index >= 15 is 4.39 Å². The highest BCUT2D eigenvalue weighted by atomic mass is 32.1. The van der Waals surface area contributed by atoms with Crippen LogP contribution in [0, 0.1) is 12.7 Å². The minimum Gasteiger partial charge on any atom is -0.507 e. The summed E-state index contributed by atoms with van der Waals surface area (Å²) in [5.41, 5.74) is 0.264. The standard InChI is InChI=1S/C27H25FN2O6S/c1-4-14-36-17-12-10-16(11-13-17)22(31)20-21(18-8-6-7-9-19(18)28)30(25(33)23(20)32)27-29-15(3)24(37-27)26(34)35-5-2/h6-13,21,31H,4-5,14H2,1-3H3/b22-20+. The molecule has 37 heavy (non-hydrogen) atoms. The molecule has 1 saturated heterocycles. The summed E-state index contributed by atoms with van der Waals surface area (Å²) in [6.45, 7) is 5.87. The average Bonchev–Trinajstić information content (AvgIpc) is 3.39. The Morgan fingerprint density at radius 3 is 2.49 bits per heavy atom. The second-order valence-electron chi connectivity index (χ2n) is 8.19. The number of aliphatic hydroxyl groups excluding tert-OH is 1. The quantitative estimate of drug-likeness (QED) is 0.187. The molecule has 1 unspecified atom stereocenters. The van der Waals surface area contributed by atoms with Crippen LogP contribution in [0.4, 0.5) is 9.52 Å². The van der Waals surface area contributed by atoms with Crippen LogP contribution >= 0.6 is 11.3 Å². The molecule has 1 aliphatic heterocycles. The van der Waals surface area contributed by atoms with E-state index in [4.69, 9.17) is 9.47 Å². The molecule has 1 fully saturated rings. The van der Waals surface area contributed by atoms with E-state index in [9.17, 15) is 19.5 Å². The number of aliphatic hydroxyl groups is 1. The van der Waals surface area contributed by atoms with Gasteiger partial charge >= 0.3 is 11.9 Å². The molecular weight excluding hydrogens is 499 g/mol. The number of benzene rings is 2. The van der Waals surface area contributed by atoms with Crippen molar-refractivity contribution in [3.8, 4) is 5.75 Å². The van der Waals surface area contributed by atoms with Crippen LogP contribution in [0.25, 0.3) is 5.76 Å². The molecule has 1 aromatic heterocycles. The fourth-order valence-corrected chi connectivity index (χ4v) is 4.96. The van der Waals surface area contributed by atoms with Gasteiger partial charge in [-0.15, -0.1) is 0 Å². The van der Waals surface area contributed by atoms with E-state index in [1.165, 1.54) is 18.2 Å². The summed E-state index contributed by atoms with van der Waals surface area (Å²) in [4.78, 5) is 44.4. The molecule has 1 N–H and O–H groups in total. The molecule has 1 atom stereocenters. The van der Waals surface area contributed by atoms with E-state index in [0.717, 1.165) is 22.7 Å². The molecule has 192 valence electrons. The number of amides is 1. The molecule has 8 nitrogen and oxygen atoms in total. The topological polar surface area (TPSA) is 106 Å². The normalized spacial score (nSPS) is 16.8. The van der Waals surface area contributed by atoms with Gasteiger partial charge in [0.2, 0.25) is 0 Å². The molecule has 0 aliphatic carbocycles. The molecule has 2 heterocycles. The van der Waals surface area contributed by atoms with Gasteiger partial charge in [0, 0.05) is 11.1 Å². The van der Waals surface area contributed by atoms with Crippen LogP contribution in [0.2, 0.25) is 0 Å². The Balaban J connectivity index is 1.86. The fourth-order valence-electron chi connectivity index (χ4n) is 3.98. The lowest BCUT2D eigenvalue weighted by Crippen LogP contribution is -2.29. The highest BCUT2D eigenvalue weighted by Gasteiger charge is 2.49. The molecule has 10 heteroatoms. The van der Waals surface area contributed by atoms with Crippen LogP contribution in [-0.4, -0.2) is 41.0 Å². The maximum Gasteiger partial charge on any atom is 0.350 e. The largest absolute Gasteiger partial charge is 0.507 e. The lowest BCUT2D eigenvalue weighted by molar-refractivity contribution is -0.132. The number of ether oxygens (including phenoxy) is 2. The lowest BCUT2D eigenvalue weighted by atomic mass is 9.95. The van der Waals surface area contributed by atoms with Gasteiger partial charge in [-0.25, -0.2) is 14.2 Å². The Kier molecular flexibility index (Phi) is 7.68. The van der Waals surface area contributed by atoms with Crippen LogP contribution in [-0.2, 0) is 14.3 Å². The number of hydrogen-bond acceptors (Lipinski definition) is 8. The first-order chi connectivity index (χ1) is 17.8. The van der Waals surface area contributed by atoms with Crippen molar-refractivity contribution in [2.75, 3.05) is 18.1 Å². The van der Waals surface area contributed by atoms with Crippen LogP contribution in [0.15, 0.2) is 54.1 Å². The second kappa shape index (κ2) is 10.9.